The van der Waals surface area contributed by atoms with Gasteiger partial charge in [-0.2, -0.15) is 5.10 Å². The molecule has 0 spiro atoms. The van der Waals surface area contributed by atoms with Crippen LogP contribution >= 0.6 is 23.1 Å². The van der Waals surface area contributed by atoms with E-state index in [-0.39, 0.29) is 11.5 Å². The van der Waals surface area contributed by atoms with E-state index < -0.39 is 0 Å². The molecule has 2 aromatic heterocycles. The summed E-state index contributed by atoms with van der Waals surface area (Å²) in [5.41, 5.74) is 5.14. The van der Waals surface area contributed by atoms with Crippen molar-refractivity contribution >= 4 is 50.6 Å². The lowest BCUT2D eigenvalue weighted by Gasteiger charge is -2.20. The third kappa shape index (κ3) is 4.51. The number of nitrogens with zero attached hydrogens (tertiary/aromatic N) is 4. The molecule has 0 radical (unpaired) electrons. The van der Waals surface area contributed by atoms with Gasteiger partial charge < -0.3 is 9.88 Å². The zero-order valence-electron chi connectivity index (χ0n) is 19.2. The molecule has 1 N–H and O–H groups in total. The highest BCUT2D eigenvalue weighted by Crippen LogP contribution is 2.39. The number of aromatic amines is 1. The van der Waals surface area contributed by atoms with E-state index in [4.69, 9.17) is 10.1 Å². The minimum Gasteiger partial charge on any atom is -0.329 e. The minimum atomic E-state index is -0.141. The smallest absolute Gasteiger partial charge is 0.253 e. The molecule has 1 amide bonds. The quantitative estimate of drug-likeness (QED) is 0.590. The first-order valence-corrected chi connectivity index (χ1v) is 12.4. The Bertz CT molecular complexity index is 1320. The molecule has 1 aliphatic rings. The molecule has 3 aromatic rings. The highest BCUT2D eigenvalue weighted by molar-refractivity contribution is 8.13. The summed E-state index contributed by atoms with van der Waals surface area (Å²) < 4.78 is 0. The summed E-state index contributed by atoms with van der Waals surface area (Å²) in [7, 11) is 1.75. The number of carbonyl (C=O) groups is 1. The van der Waals surface area contributed by atoms with Crippen LogP contribution in [-0.4, -0.2) is 40.1 Å². The molecule has 0 saturated carbocycles. The lowest BCUT2D eigenvalue weighted by molar-refractivity contribution is -0.116. The number of H-pyrrole nitrogens is 1. The van der Waals surface area contributed by atoms with E-state index in [2.05, 4.69) is 18.8 Å². The van der Waals surface area contributed by atoms with Crippen molar-refractivity contribution < 1.29 is 4.79 Å². The van der Waals surface area contributed by atoms with Crippen LogP contribution in [-0.2, 0) is 11.3 Å². The van der Waals surface area contributed by atoms with Crippen LogP contribution in [0, 0.1) is 13.8 Å². The number of hydrogen-bond acceptors (Lipinski definition) is 7. The maximum absolute atomic E-state index is 12.3. The van der Waals surface area contributed by atoms with Crippen molar-refractivity contribution in [2.45, 2.75) is 27.3 Å². The van der Waals surface area contributed by atoms with E-state index in [9.17, 15) is 9.59 Å². The number of hydrogen-bond donors (Lipinski definition) is 1. The highest BCUT2D eigenvalue weighted by atomic mass is 32.2. The molecule has 0 aliphatic carbocycles. The van der Waals surface area contributed by atoms with Crippen LogP contribution in [0.15, 0.2) is 57.5 Å². The summed E-state index contributed by atoms with van der Waals surface area (Å²) in [6.45, 7) is 6.02. The SMILES string of the molecule is CSC1=Nc2sc(C)c(C)c2C(c2ccc(N(C)C(C)=O)cc2)=NN1Cc1ccc[nH]c1=O. The van der Waals surface area contributed by atoms with Crippen molar-refractivity contribution in [1.29, 1.82) is 0 Å². The summed E-state index contributed by atoms with van der Waals surface area (Å²) in [4.78, 5) is 34.6. The summed E-state index contributed by atoms with van der Waals surface area (Å²) in [6, 6.07) is 11.4. The molecule has 33 heavy (non-hydrogen) atoms. The predicted molar refractivity (Wildman–Crippen MR) is 138 cm³/mol. The van der Waals surface area contributed by atoms with Crippen molar-refractivity contribution in [3.8, 4) is 0 Å². The number of carbonyl (C=O) groups excluding carboxylic acids is 1. The van der Waals surface area contributed by atoms with E-state index in [0.717, 1.165) is 38.3 Å². The molecule has 0 bridgehead atoms. The van der Waals surface area contributed by atoms with Crippen molar-refractivity contribution in [2.75, 3.05) is 18.2 Å². The number of rotatable bonds is 4. The molecule has 4 rings (SSSR count). The number of pyridine rings is 1. The number of aromatic nitrogens is 1. The van der Waals surface area contributed by atoms with Crippen LogP contribution in [0.2, 0.25) is 0 Å². The Morgan fingerprint density at radius 1 is 1.21 bits per heavy atom. The fraction of sp³-hybridized carbons (Fsp3) is 0.250. The number of fused-ring (bicyclic) bond motifs is 1. The topological polar surface area (TPSA) is 81.1 Å². The Labute approximate surface area is 200 Å². The number of anilines is 1. The Morgan fingerprint density at radius 3 is 2.58 bits per heavy atom. The van der Waals surface area contributed by atoms with E-state index in [1.807, 2.05) is 36.6 Å². The van der Waals surface area contributed by atoms with Crippen LogP contribution in [0.5, 0.6) is 0 Å². The van der Waals surface area contributed by atoms with Gasteiger partial charge in [-0.05, 0) is 43.9 Å². The molecule has 7 nitrogen and oxygen atoms in total. The first-order valence-electron chi connectivity index (χ1n) is 10.4. The molecule has 9 heteroatoms. The highest BCUT2D eigenvalue weighted by Gasteiger charge is 2.26. The van der Waals surface area contributed by atoms with Crippen LogP contribution in [0.1, 0.15) is 34.1 Å². The zero-order chi connectivity index (χ0) is 23.7. The number of hydrazone groups is 1. The second-order valence-electron chi connectivity index (χ2n) is 7.72. The molecule has 3 heterocycles. The number of aliphatic imine (C=N–C) groups is 1. The maximum Gasteiger partial charge on any atom is 0.253 e. The second kappa shape index (κ2) is 9.36. The molecule has 0 fully saturated rings. The number of benzene rings is 1. The number of amidine groups is 1. The van der Waals surface area contributed by atoms with E-state index in [1.165, 1.54) is 23.6 Å². The van der Waals surface area contributed by atoms with Crippen molar-refractivity contribution in [3.05, 3.63) is 80.1 Å². The molecule has 1 aliphatic heterocycles. The second-order valence-corrected chi connectivity index (χ2v) is 9.69. The number of amides is 1. The Hall–Kier alpha value is -3.17. The summed E-state index contributed by atoms with van der Waals surface area (Å²) >= 11 is 3.14. The molecule has 1 aromatic carbocycles. The van der Waals surface area contributed by atoms with Crippen LogP contribution in [0.3, 0.4) is 0 Å². The van der Waals surface area contributed by atoms with Gasteiger partial charge >= 0.3 is 0 Å². The summed E-state index contributed by atoms with van der Waals surface area (Å²) in [5.74, 6) is -0.0292. The number of thioether (sulfide) groups is 1. The predicted octanol–water partition coefficient (Wildman–Crippen LogP) is 4.65. The molecule has 0 saturated heterocycles. The molecule has 0 unspecified atom stereocenters. The minimum absolute atomic E-state index is 0.0292. The van der Waals surface area contributed by atoms with E-state index in [0.29, 0.717) is 12.1 Å². The third-order valence-corrected chi connectivity index (χ3v) is 7.41. The van der Waals surface area contributed by atoms with Gasteiger partial charge in [0.15, 0.2) is 5.17 Å². The fourth-order valence-electron chi connectivity index (χ4n) is 3.55. The van der Waals surface area contributed by atoms with Crippen molar-refractivity contribution in [3.63, 3.8) is 0 Å². The van der Waals surface area contributed by atoms with Crippen LogP contribution < -0.4 is 10.5 Å². The summed E-state index contributed by atoms with van der Waals surface area (Å²) in [6.07, 6.45) is 3.58. The van der Waals surface area contributed by atoms with E-state index >= 15 is 0 Å². The first kappa shape index (κ1) is 23.0. The van der Waals surface area contributed by atoms with Gasteiger partial charge in [0, 0.05) is 47.4 Å². The van der Waals surface area contributed by atoms with Gasteiger partial charge in [0.25, 0.3) is 5.56 Å². The molecular formula is C24H25N5O2S2. The van der Waals surface area contributed by atoms with Gasteiger partial charge in [-0.1, -0.05) is 30.0 Å². The summed E-state index contributed by atoms with van der Waals surface area (Å²) in [5, 5.41) is 8.46. The first-order chi connectivity index (χ1) is 15.8. The van der Waals surface area contributed by atoms with Gasteiger partial charge in [0.2, 0.25) is 5.91 Å². The van der Waals surface area contributed by atoms with Crippen LogP contribution in [0.4, 0.5) is 10.7 Å². The van der Waals surface area contributed by atoms with Gasteiger partial charge in [0.1, 0.15) is 10.7 Å². The number of thiophene rings is 1. The average Bonchev–Trinajstić information content (AvgIpc) is 2.99. The number of aryl methyl sites for hydroxylation is 1. The molecule has 0 atom stereocenters. The standard InChI is InChI=1S/C24H25N5O2S2/c1-14-15(2)33-23-20(14)21(17-8-10-19(11-9-17)28(4)16(3)30)27-29(24(26-23)32-5)13-18-7-6-12-25-22(18)31/h6-12H,13H2,1-5H3,(H,25,31). The molecular weight excluding hydrogens is 454 g/mol. The Morgan fingerprint density at radius 2 is 1.94 bits per heavy atom. The van der Waals surface area contributed by atoms with Gasteiger partial charge in [0.05, 0.1) is 6.54 Å². The average molecular weight is 480 g/mol. The number of nitrogens with one attached hydrogen (secondary N) is 1. The zero-order valence-corrected chi connectivity index (χ0v) is 20.8. The Balaban J connectivity index is 1.85. The Kier molecular flexibility index (Phi) is 6.53. The fourth-order valence-corrected chi connectivity index (χ4v) is 5.13. The van der Waals surface area contributed by atoms with E-state index in [1.54, 1.807) is 40.6 Å². The lowest BCUT2D eigenvalue weighted by atomic mass is 10.00. The largest absolute Gasteiger partial charge is 0.329 e. The normalized spacial score (nSPS) is 13.2. The van der Waals surface area contributed by atoms with Crippen LogP contribution in [0.25, 0.3) is 0 Å². The molecule has 170 valence electrons. The van der Waals surface area contributed by atoms with Crippen molar-refractivity contribution in [2.24, 2.45) is 10.1 Å². The van der Waals surface area contributed by atoms with Crippen molar-refractivity contribution in [1.82, 2.24) is 9.99 Å². The maximum atomic E-state index is 12.3. The third-order valence-electron chi connectivity index (χ3n) is 5.65. The monoisotopic (exact) mass is 479 g/mol. The van der Waals surface area contributed by atoms with Gasteiger partial charge in [-0.15, -0.1) is 11.3 Å². The van der Waals surface area contributed by atoms with Gasteiger partial charge in [-0.3, -0.25) is 9.59 Å². The van der Waals surface area contributed by atoms with Gasteiger partial charge in [-0.25, -0.2) is 10.0 Å². The lowest BCUT2D eigenvalue weighted by Crippen LogP contribution is -2.27.